The Balaban J connectivity index is 1.51. The average molecular weight is 580 g/mol. The molecule has 1 aliphatic heterocycles. The maximum atomic E-state index is 15.1. The maximum Gasteiger partial charge on any atom is 0.407 e. The number of methoxy groups -OCH3 is 1. The van der Waals surface area contributed by atoms with Gasteiger partial charge in [0, 0.05) is 37.5 Å². The molecule has 0 bridgehead atoms. The first-order valence-electron chi connectivity index (χ1n) is 13.4. The summed E-state index contributed by atoms with van der Waals surface area (Å²) in [6.07, 6.45) is 2.21. The van der Waals surface area contributed by atoms with E-state index in [-0.39, 0.29) is 12.4 Å². The number of hydrogen-bond acceptors (Lipinski definition) is 7. The average Bonchev–Trinajstić information content (AvgIpc) is 2.89. The third kappa shape index (κ3) is 10.1. The first-order valence-corrected chi connectivity index (χ1v) is 13.7. The summed E-state index contributed by atoms with van der Waals surface area (Å²) in [7, 11) is 1.57. The molecule has 2 aromatic rings. The van der Waals surface area contributed by atoms with Crippen molar-refractivity contribution in [2.45, 2.75) is 45.6 Å². The number of anilines is 2. The van der Waals surface area contributed by atoms with Crippen molar-refractivity contribution in [3.63, 3.8) is 0 Å². The first kappa shape index (κ1) is 31.4. The maximum absolute atomic E-state index is 15.1. The van der Waals surface area contributed by atoms with Crippen LogP contribution in [-0.2, 0) is 14.2 Å². The van der Waals surface area contributed by atoms with Crippen LogP contribution in [0.2, 0.25) is 5.02 Å². The lowest BCUT2D eigenvalue weighted by Gasteiger charge is -2.34. The summed E-state index contributed by atoms with van der Waals surface area (Å²) in [4.78, 5) is 26.8. The predicted octanol–water partition coefficient (Wildman–Crippen LogP) is 5.86. The number of alkyl carbamates (subject to hydrolysis) is 1. The highest BCUT2D eigenvalue weighted by Crippen LogP contribution is 2.30. The minimum absolute atomic E-state index is 0.0639. The van der Waals surface area contributed by atoms with E-state index in [1.807, 2.05) is 25.7 Å². The van der Waals surface area contributed by atoms with Crippen molar-refractivity contribution < 1.29 is 32.9 Å². The largest absolute Gasteiger partial charge is 0.467 e. The molecule has 0 spiro atoms. The monoisotopic (exact) mass is 579 g/mol. The van der Waals surface area contributed by atoms with Gasteiger partial charge in [0.25, 0.3) is 5.91 Å². The molecule has 2 aromatic carbocycles. The summed E-state index contributed by atoms with van der Waals surface area (Å²) in [6.45, 7) is 8.14. The highest BCUT2D eigenvalue weighted by Gasteiger charge is 2.23. The number of carbonyl (C=O) groups excluding carboxylic acids is 2. The van der Waals surface area contributed by atoms with Gasteiger partial charge in [0.15, 0.2) is 6.79 Å². The fraction of sp³-hybridized carbons (Fsp3) is 0.517. The van der Waals surface area contributed by atoms with Crippen molar-refractivity contribution in [1.29, 1.82) is 0 Å². The minimum atomic E-state index is -0.524. The van der Waals surface area contributed by atoms with Crippen LogP contribution in [0.25, 0.3) is 0 Å². The van der Waals surface area contributed by atoms with Gasteiger partial charge in [0.05, 0.1) is 24.5 Å². The number of nitrogens with one attached hydrogen (secondary N) is 2. The van der Waals surface area contributed by atoms with E-state index in [1.165, 1.54) is 12.1 Å². The number of ether oxygens (including phenoxy) is 4. The van der Waals surface area contributed by atoms with Crippen LogP contribution in [0.5, 0.6) is 5.75 Å². The number of rotatable bonds is 12. The molecule has 0 unspecified atom stereocenters. The van der Waals surface area contributed by atoms with Crippen LogP contribution in [0.4, 0.5) is 20.6 Å². The van der Waals surface area contributed by atoms with Gasteiger partial charge in [-0.2, -0.15) is 0 Å². The van der Waals surface area contributed by atoms with Crippen molar-refractivity contribution in [1.82, 2.24) is 5.32 Å². The smallest absolute Gasteiger partial charge is 0.407 e. The fourth-order valence-corrected chi connectivity index (χ4v) is 4.48. The normalized spacial score (nSPS) is 14.1. The Labute approximate surface area is 240 Å². The molecule has 0 aromatic heterocycles. The standard InChI is InChI=1S/C29H39ClFN3O6/c1-29(2,3)40-28(36)32-12-9-20-10-13-34(14-11-20)25-7-6-22(18-24(25)31)33-27(35)23-17-21(30)5-8-26(23)39-19-38-16-15-37-4/h5-8,17-18,20H,9-16,19H2,1-4H3,(H,32,36)(H,33,35). The molecular formula is C29H39ClFN3O6. The van der Waals surface area contributed by atoms with Crippen LogP contribution in [0.15, 0.2) is 36.4 Å². The van der Waals surface area contributed by atoms with Crippen LogP contribution >= 0.6 is 11.6 Å². The second-order valence-corrected chi connectivity index (χ2v) is 11.0. The molecule has 11 heteroatoms. The molecule has 0 saturated carbocycles. The number of piperidine rings is 1. The van der Waals surface area contributed by atoms with Gasteiger partial charge >= 0.3 is 6.09 Å². The van der Waals surface area contributed by atoms with E-state index in [0.717, 1.165) is 19.3 Å². The minimum Gasteiger partial charge on any atom is -0.467 e. The van der Waals surface area contributed by atoms with Crippen molar-refractivity contribution in [3.05, 3.63) is 52.8 Å². The van der Waals surface area contributed by atoms with Crippen LogP contribution in [0.1, 0.15) is 50.4 Å². The molecule has 2 amide bonds. The zero-order chi connectivity index (χ0) is 29.1. The van der Waals surface area contributed by atoms with E-state index in [0.29, 0.717) is 60.9 Å². The molecule has 40 heavy (non-hydrogen) atoms. The Morgan fingerprint density at radius 3 is 2.52 bits per heavy atom. The lowest BCUT2D eigenvalue weighted by molar-refractivity contribution is -0.00872. The van der Waals surface area contributed by atoms with Crippen LogP contribution < -0.4 is 20.3 Å². The highest BCUT2D eigenvalue weighted by molar-refractivity contribution is 6.31. The van der Waals surface area contributed by atoms with Crippen LogP contribution in [0, 0.1) is 11.7 Å². The van der Waals surface area contributed by atoms with Gasteiger partial charge in [-0.1, -0.05) is 11.6 Å². The van der Waals surface area contributed by atoms with Crippen molar-refractivity contribution >= 4 is 35.0 Å². The first-order chi connectivity index (χ1) is 19.1. The van der Waals surface area contributed by atoms with E-state index in [1.54, 1.807) is 31.4 Å². The van der Waals surface area contributed by atoms with Crippen molar-refractivity contribution in [3.8, 4) is 5.75 Å². The molecule has 9 nitrogen and oxygen atoms in total. The van der Waals surface area contributed by atoms with Crippen LogP contribution in [0.3, 0.4) is 0 Å². The van der Waals surface area contributed by atoms with E-state index in [2.05, 4.69) is 10.6 Å². The van der Waals surface area contributed by atoms with E-state index < -0.39 is 23.4 Å². The Morgan fingerprint density at radius 1 is 1.10 bits per heavy atom. The van der Waals surface area contributed by atoms with E-state index in [4.69, 9.17) is 30.5 Å². The third-order valence-corrected chi connectivity index (χ3v) is 6.53. The number of carbonyl (C=O) groups is 2. The van der Waals surface area contributed by atoms with Gasteiger partial charge < -0.3 is 34.5 Å². The Bertz CT molecular complexity index is 1140. The molecule has 220 valence electrons. The molecule has 0 radical (unpaired) electrons. The van der Waals surface area contributed by atoms with E-state index in [9.17, 15) is 9.59 Å². The number of amides is 2. The van der Waals surface area contributed by atoms with Gasteiger partial charge in [0.2, 0.25) is 0 Å². The number of benzene rings is 2. The number of hydrogen-bond donors (Lipinski definition) is 2. The zero-order valence-electron chi connectivity index (χ0n) is 23.6. The molecule has 1 heterocycles. The predicted molar refractivity (Wildman–Crippen MR) is 153 cm³/mol. The third-order valence-electron chi connectivity index (χ3n) is 6.30. The lowest BCUT2D eigenvalue weighted by atomic mass is 9.93. The van der Waals surface area contributed by atoms with Crippen molar-refractivity contribution in [2.24, 2.45) is 5.92 Å². The molecule has 0 aliphatic carbocycles. The second-order valence-electron chi connectivity index (χ2n) is 10.6. The topological polar surface area (TPSA) is 98.4 Å². The molecular weight excluding hydrogens is 541 g/mol. The lowest BCUT2D eigenvalue weighted by Crippen LogP contribution is -2.37. The molecule has 2 N–H and O–H groups in total. The van der Waals surface area contributed by atoms with Gasteiger partial charge in [0.1, 0.15) is 17.2 Å². The Morgan fingerprint density at radius 2 is 1.85 bits per heavy atom. The molecule has 1 fully saturated rings. The molecule has 3 rings (SSSR count). The highest BCUT2D eigenvalue weighted by atomic mass is 35.5. The SMILES string of the molecule is COCCOCOc1ccc(Cl)cc1C(=O)Nc1ccc(N2CCC(CCNC(=O)OC(C)(C)C)CC2)c(F)c1. The zero-order valence-corrected chi connectivity index (χ0v) is 24.3. The quantitative estimate of drug-likeness (QED) is 0.240. The summed E-state index contributed by atoms with van der Waals surface area (Å²) in [6, 6.07) is 9.33. The molecule has 1 aliphatic rings. The Hall–Kier alpha value is -3.08. The molecule has 1 saturated heterocycles. The number of nitrogens with zero attached hydrogens (tertiary/aromatic N) is 1. The van der Waals surface area contributed by atoms with Crippen molar-refractivity contribution in [2.75, 3.05) is 57.0 Å². The van der Waals surface area contributed by atoms with Crippen LogP contribution in [-0.4, -0.2) is 64.4 Å². The van der Waals surface area contributed by atoms with Gasteiger partial charge in [-0.05, 0) is 82.3 Å². The summed E-state index contributed by atoms with van der Waals surface area (Å²) in [5.41, 5.74) is 0.486. The summed E-state index contributed by atoms with van der Waals surface area (Å²) < 4.78 is 36.2. The summed E-state index contributed by atoms with van der Waals surface area (Å²) in [5.74, 6) is -0.174. The fourth-order valence-electron chi connectivity index (χ4n) is 4.31. The Kier molecular flexibility index (Phi) is 11.8. The number of halogens is 2. The van der Waals surface area contributed by atoms with E-state index >= 15 is 4.39 Å². The summed E-state index contributed by atoms with van der Waals surface area (Å²) >= 11 is 6.10. The van der Waals surface area contributed by atoms with Gasteiger partial charge in [-0.15, -0.1) is 0 Å². The van der Waals surface area contributed by atoms with Gasteiger partial charge in [-0.3, -0.25) is 4.79 Å². The second kappa shape index (κ2) is 15.1. The summed E-state index contributed by atoms with van der Waals surface area (Å²) in [5, 5.41) is 5.88. The van der Waals surface area contributed by atoms with Gasteiger partial charge in [-0.25, -0.2) is 9.18 Å². The molecule has 0 atom stereocenters.